The van der Waals surface area contributed by atoms with Crippen LogP contribution in [0.5, 0.6) is 0 Å². The van der Waals surface area contributed by atoms with Crippen LogP contribution in [0.3, 0.4) is 0 Å². The normalized spacial score (nSPS) is 11.3. The Morgan fingerprint density at radius 2 is 2.00 bits per heavy atom. The number of benzene rings is 1. The minimum absolute atomic E-state index is 0.109. The Morgan fingerprint density at radius 1 is 1.22 bits per heavy atom. The number of aromatic nitrogens is 1. The molecule has 23 heavy (non-hydrogen) atoms. The van der Waals surface area contributed by atoms with Crippen molar-refractivity contribution in [1.29, 1.82) is 0 Å². The zero-order valence-corrected chi connectivity index (χ0v) is 13.9. The lowest BCUT2D eigenvalue weighted by Gasteiger charge is -2.09. The maximum absolute atomic E-state index is 14.0. The second-order valence-electron chi connectivity index (χ2n) is 5.61. The number of ketones is 1. The van der Waals surface area contributed by atoms with E-state index in [0.29, 0.717) is 5.56 Å². The van der Waals surface area contributed by atoms with Gasteiger partial charge in [0, 0.05) is 33.3 Å². The molecule has 0 aliphatic rings. The van der Waals surface area contributed by atoms with Gasteiger partial charge >= 0.3 is 0 Å². The monoisotopic (exact) mass is 328 g/mol. The minimum atomic E-state index is -0.577. The topological polar surface area (TPSA) is 33.2 Å². The van der Waals surface area contributed by atoms with Crippen LogP contribution in [0.25, 0.3) is 10.1 Å². The minimum Gasteiger partial charge on any atom is -0.309 e. The SMILES string of the molecule is CN(C)CCc1sc2ccccc2c1C(=O)c1ncccc1F. The van der Waals surface area contributed by atoms with E-state index in [4.69, 9.17) is 0 Å². The maximum atomic E-state index is 14.0. The van der Waals surface area contributed by atoms with Gasteiger partial charge in [0.1, 0.15) is 5.69 Å². The van der Waals surface area contributed by atoms with Crippen LogP contribution in [-0.2, 0) is 6.42 Å². The largest absolute Gasteiger partial charge is 0.309 e. The van der Waals surface area contributed by atoms with Crippen molar-refractivity contribution in [2.75, 3.05) is 20.6 Å². The van der Waals surface area contributed by atoms with Crippen LogP contribution in [-0.4, -0.2) is 36.3 Å². The number of likely N-dealkylation sites (N-methyl/N-ethyl adjacent to an activating group) is 1. The van der Waals surface area contributed by atoms with Gasteiger partial charge in [-0.3, -0.25) is 4.79 Å². The highest BCUT2D eigenvalue weighted by molar-refractivity contribution is 7.19. The Morgan fingerprint density at radius 3 is 2.74 bits per heavy atom. The summed E-state index contributed by atoms with van der Waals surface area (Å²) < 4.78 is 15.0. The predicted molar refractivity (Wildman–Crippen MR) is 91.7 cm³/mol. The number of pyridine rings is 1. The zero-order valence-electron chi connectivity index (χ0n) is 13.0. The Kier molecular flexibility index (Phi) is 4.50. The second kappa shape index (κ2) is 6.56. The summed E-state index contributed by atoms with van der Waals surface area (Å²) in [6.07, 6.45) is 2.20. The first-order valence-corrected chi connectivity index (χ1v) is 8.20. The van der Waals surface area contributed by atoms with Gasteiger partial charge in [0.2, 0.25) is 5.78 Å². The fourth-order valence-corrected chi connectivity index (χ4v) is 3.71. The van der Waals surface area contributed by atoms with E-state index >= 15 is 0 Å². The molecule has 5 heteroatoms. The lowest BCUT2D eigenvalue weighted by Crippen LogP contribution is -2.16. The molecule has 3 nitrogen and oxygen atoms in total. The Bertz CT molecular complexity index is 857. The molecule has 0 saturated carbocycles. The third-order valence-electron chi connectivity index (χ3n) is 3.66. The smallest absolute Gasteiger partial charge is 0.216 e. The summed E-state index contributed by atoms with van der Waals surface area (Å²) in [5, 5.41) is 0.876. The van der Waals surface area contributed by atoms with Crippen LogP contribution in [0, 0.1) is 5.82 Å². The van der Waals surface area contributed by atoms with Crippen LogP contribution in [0.2, 0.25) is 0 Å². The number of hydrogen-bond donors (Lipinski definition) is 0. The van der Waals surface area contributed by atoms with Gasteiger partial charge in [-0.25, -0.2) is 9.37 Å². The van der Waals surface area contributed by atoms with E-state index < -0.39 is 5.82 Å². The Hall–Kier alpha value is -2.11. The number of hydrogen-bond acceptors (Lipinski definition) is 4. The quantitative estimate of drug-likeness (QED) is 0.669. The molecule has 0 unspecified atom stereocenters. The molecule has 0 atom stereocenters. The summed E-state index contributed by atoms with van der Waals surface area (Å²) in [5.41, 5.74) is 0.479. The molecule has 118 valence electrons. The highest BCUT2D eigenvalue weighted by Gasteiger charge is 2.23. The van der Waals surface area contributed by atoms with E-state index in [1.165, 1.54) is 18.3 Å². The number of carbonyl (C=O) groups excluding carboxylic acids is 1. The van der Waals surface area contributed by atoms with Gasteiger partial charge in [0.25, 0.3) is 0 Å². The summed E-state index contributed by atoms with van der Waals surface area (Å²) in [5.74, 6) is -0.916. The summed E-state index contributed by atoms with van der Waals surface area (Å²) in [6.45, 7) is 0.831. The van der Waals surface area contributed by atoms with Gasteiger partial charge in [0.15, 0.2) is 5.82 Å². The number of thiophene rings is 1. The van der Waals surface area contributed by atoms with E-state index in [2.05, 4.69) is 9.88 Å². The fraction of sp³-hybridized carbons (Fsp3) is 0.222. The van der Waals surface area contributed by atoms with Crippen LogP contribution >= 0.6 is 11.3 Å². The lowest BCUT2D eigenvalue weighted by atomic mass is 10.0. The van der Waals surface area contributed by atoms with Crippen LogP contribution in [0.4, 0.5) is 4.39 Å². The Labute approximate surface area is 138 Å². The van der Waals surface area contributed by atoms with Crippen molar-refractivity contribution in [3.63, 3.8) is 0 Å². The highest BCUT2D eigenvalue weighted by Crippen LogP contribution is 2.33. The molecule has 0 aliphatic carbocycles. The lowest BCUT2D eigenvalue weighted by molar-refractivity contribution is 0.103. The van der Waals surface area contributed by atoms with Gasteiger partial charge in [-0.05, 0) is 38.7 Å². The van der Waals surface area contributed by atoms with Crippen molar-refractivity contribution in [3.8, 4) is 0 Å². The molecular formula is C18H17FN2OS. The molecule has 3 aromatic rings. The molecule has 0 N–H and O–H groups in total. The van der Waals surface area contributed by atoms with E-state index in [9.17, 15) is 9.18 Å². The molecule has 2 heterocycles. The number of carbonyl (C=O) groups is 1. The van der Waals surface area contributed by atoms with Crippen molar-refractivity contribution in [2.24, 2.45) is 0 Å². The zero-order chi connectivity index (χ0) is 16.4. The van der Waals surface area contributed by atoms with Crippen molar-refractivity contribution in [1.82, 2.24) is 9.88 Å². The van der Waals surface area contributed by atoms with Gasteiger partial charge in [-0.2, -0.15) is 0 Å². The molecule has 0 fully saturated rings. The maximum Gasteiger partial charge on any atom is 0.216 e. The number of fused-ring (bicyclic) bond motifs is 1. The van der Waals surface area contributed by atoms with Crippen LogP contribution < -0.4 is 0 Å². The molecule has 1 aromatic carbocycles. The van der Waals surface area contributed by atoms with E-state index in [1.54, 1.807) is 11.3 Å². The third kappa shape index (κ3) is 3.16. The third-order valence-corrected chi connectivity index (χ3v) is 4.89. The first kappa shape index (κ1) is 15.8. The summed E-state index contributed by atoms with van der Waals surface area (Å²) >= 11 is 1.60. The average Bonchev–Trinajstić information content (AvgIpc) is 2.91. The number of halogens is 1. The van der Waals surface area contributed by atoms with Gasteiger partial charge in [-0.15, -0.1) is 11.3 Å². The number of nitrogens with zero attached hydrogens (tertiary/aromatic N) is 2. The first-order valence-electron chi connectivity index (χ1n) is 7.38. The summed E-state index contributed by atoms with van der Waals surface area (Å²) in [7, 11) is 3.99. The van der Waals surface area contributed by atoms with Crippen molar-refractivity contribution in [3.05, 3.63) is 64.5 Å². The molecule has 0 bridgehead atoms. The van der Waals surface area contributed by atoms with Crippen molar-refractivity contribution >= 4 is 27.2 Å². The summed E-state index contributed by atoms with van der Waals surface area (Å²) in [4.78, 5) is 19.9. The van der Waals surface area contributed by atoms with E-state index in [0.717, 1.165) is 27.9 Å². The molecule has 3 rings (SSSR count). The first-order chi connectivity index (χ1) is 11.1. The van der Waals surface area contributed by atoms with Crippen LogP contribution in [0.15, 0.2) is 42.6 Å². The van der Waals surface area contributed by atoms with E-state index in [-0.39, 0.29) is 11.5 Å². The second-order valence-corrected chi connectivity index (χ2v) is 6.75. The Balaban J connectivity index is 2.12. The molecule has 0 spiro atoms. The van der Waals surface area contributed by atoms with Gasteiger partial charge in [-0.1, -0.05) is 18.2 Å². The van der Waals surface area contributed by atoms with Crippen LogP contribution in [0.1, 0.15) is 20.9 Å². The van der Waals surface area contributed by atoms with Crippen molar-refractivity contribution in [2.45, 2.75) is 6.42 Å². The summed E-state index contributed by atoms with van der Waals surface area (Å²) in [6, 6.07) is 10.5. The molecule has 0 amide bonds. The molecule has 0 radical (unpaired) electrons. The molecular weight excluding hydrogens is 311 g/mol. The van der Waals surface area contributed by atoms with Crippen molar-refractivity contribution < 1.29 is 9.18 Å². The average molecular weight is 328 g/mol. The highest BCUT2D eigenvalue weighted by atomic mass is 32.1. The van der Waals surface area contributed by atoms with E-state index in [1.807, 2.05) is 38.4 Å². The van der Waals surface area contributed by atoms with Gasteiger partial charge < -0.3 is 4.90 Å². The molecule has 0 aliphatic heterocycles. The molecule has 2 aromatic heterocycles. The standard InChI is InChI=1S/C18H17FN2OS/c1-21(2)11-9-15-16(12-6-3-4-8-14(12)23-15)18(22)17-13(19)7-5-10-20-17/h3-8,10H,9,11H2,1-2H3. The van der Waals surface area contributed by atoms with Gasteiger partial charge in [0.05, 0.1) is 0 Å². The number of rotatable bonds is 5. The molecule has 0 saturated heterocycles. The predicted octanol–water partition coefficient (Wildman–Crippen LogP) is 3.77. The fourth-order valence-electron chi connectivity index (χ4n) is 2.52.